The van der Waals surface area contributed by atoms with Gasteiger partial charge in [0, 0.05) is 0 Å². The lowest BCUT2D eigenvalue weighted by molar-refractivity contribution is 0.0186. The first-order valence-corrected chi connectivity index (χ1v) is 6.59. The minimum absolute atomic E-state index is 0.703. The molecule has 0 aliphatic heterocycles. The van der Waals surface area contributed by atoms with Crippen LogP contribution in [0.2, 0.25) is 0 Å². The van der Waals surface area contributed by atoms with Gasteiger partial charge in [0.1, 0.15) is 4.60 Å². The van der Waals surface area contributed by atoms with Gasteiger partial charge in [0.05, 0.1) is 16.0 Å². The molecule has 1 aromatic rings. The van der Waals surface area contributed by atoms with Crippen molar-refractivity contribution in [2.24, 2.45) is 5.92 Å². The van der Waals surface area contributed by atoms with E-state index in [0.717, 1.165) is 15.9 Å². The fourth-order valence-electron chi connectivity index (χ4n) is 1.93. The van der Waals surface area contributed by atoms with Gasteiger partial charge in [-0.15, -0.1) is 11.3 Å². The second-order valence-electron chi connectivity index (χ2n) is 4.25. The summed E-state index contributed by atoms with van der Waals surface area (Å²) in [6, 6.07) is 0. The predicted molar refractivity (Wildman–Crippen MR) is 61.3 cm³/mol. The van der Waals surface area contributed by atoms with Gasteiger partial charge in [0.15, 0.2) is 0 Å². The van der Waals surface area contributed by atoms with Gasteiger partial charge in [-0.1, -0.05) is 19.3 Å². The highest BCUT2D eigenvalue weighted by Crippen LogP contribution is 2.41. The molecule has 4 heteroatoms. The molecule has 1 aliphatic rings. The molecule has 1 heterocycles. The Labute approximate surface area is 96.5 Å². The minimum atomic E-state index is -0.703. The number of thiazole rings is 1. The van der Waals surface area contributed by atoms with E-state index in [1.807, 2.05) is 6.92 Å². The first kappa shape index (κ1) is 10.6. The lowest BCUT2D eigenvalue weighted by atomic mass is 9.77. The summed E-state index contributed by atoms with van der Waals surface area (Å²) in [6.07, 6.45) is 4.73. The second kappa shape index (κ2) is 3.91. The zero-order valence-electron chi connectivity index (χ0n) is 8.16. The number of aliphatic hydroxyl groups is 1. The Morgan fingerprint density at radius 2 is 2.43 bits per heavy atom. The number of nitrogens with zero attached hydrogens (tertiary/aromatic N) is 1. The van der Waals surface area contributed by atoms with Crippen molar-refractivity contribution < 1.29 is 5.11 Å². The molecule has 14 heavy (non-hydrogen) atoms. The van der Waals surface area contributed by atoms with E-state index in [1.54, 1.807) is 5.51 Å². The first-order valence-electron chi connectivity index (χ1n) is 4.91. The predicted octanol–water partition coefficient (Wildman–Crippen LogP) is 3.30. The second-order valence-corrected chi connectivity index (χ2v) is 5.85. The van der Waals surface area contributed by atoms with Gasteiger partial charge in [-0.2, -0.15) is 0 Å². The number of hydrogen-bond acceptors (Lipinski definition) is 3. The quantitative estimate of drug-likeness (QED) is 0.918. The van der Waals surface area contributed by atoms with Crippen molar-refractivity contribution in [3.05, 3.63) is 15.0 Å². The van der Waals surface area contributed by atoms with Crippen LogP contribution < -0.4 is 0 Å². The fraction of sp³-hybridized carbons (Fsp3) is 0.700. The SMILES string of the molecule is CC(O)(CC1CCC1)c1scnc1Br. The maximum atomic E-state index is 10.3. The van der Waals surface area contributed by atoms with Crippen LogP contribution in [0.4, 0.5) is 0 Å². The number of rotatable bonds is 3. The Morgan fingerprint density at radius 1 is 1.71 bits per heavy atom. The summed E-state index contributed by atoms with van der Waals surface area (Å²) in [4.78, 5) is 5.07. The Morgan fingerprint density at radius 3 is 2.86 bits per heavy atom. The molecule has 0 aromatic carbocycles. The Hall–Kier alpha value is 0.0700. The van der Waals surface area contributed by atoms with Gasteiger partial charge < -0.3 is 5.11 Å². The van der Waals surface area contributed by atoms with E-state index in [4.69, 9.17) is 0 Å². The maximum Gasteiger partial charge on any atom is 0.123 e. The topological polar surface area (TPSA) is 33.1 Å². The number of halogens is 1. The molecule has 1 atom stereocenters. The van der Waals surface area contributed by atoms with Crippen LogP contribution in [0.15, 0.2) is 10.1 Å². The molecule has 2 rings (SSSR count). The molecule has 1 N–H and O–H groups in total. The van der Waals surface area contributed by atoms with Crippen LogP contribution in [0.1, 0.15) is 37.5 Å². The lowest BCUT2D eigenvalue weighted by Gasteiger charge is -2.32. The summed E-state index contributed by atoms with van der Waals surface area (Å²) in [6.45, 7) is 1.89. The molecule has 1 aromatic heterocycles. The summed E-state index contributed by atoms with van der Waals surface area (Å²) >= 11 is 4.90. The standard InChI is InChI=1S/C10H14BrNOS/c1-10(13,5-7-3-2-4-7)8-9(11)12-6-14-8/h6-7,13H,2-5H2,1H3. The van der Waals surface area contributed by atoms with Crippen molar-refractivity contribution in [3.8, 4) is 0 Å². The molecule has 1 aliphatic carbocycles. The van der Waals surface area contributed by atoms with Crippen molar-refractivity contribution >= 4 is 27.3 Å². The summed E-state index contributed by atoms with van der Waals surface area (Å²) in [5.41, 5.74) is 1.07. The molecule has 0 saturated heterocycles. The highest BCUT2D eigenvalue weighted by atomic mass is 79.9. The van der Waals surface area contributed by atoms with Crippen LogP contribution in [-0.2, 0) is 5.60 Å². The molecular weight excluding hydrogens is 262 g/mol. The lowest BCUT2D eigenvalue weighted by Crippen LogP contribution is -2.27. The third kappa shape index (κ3) is 2.02. The van der Waals surface area contributed by atoms with Crippen molar-refractivity contribution in [2.75, 3.05) is 0 Å². The van der Waals surface area contributed by atoms with E-state index in [0.29, 0.717) is 5.92 Å². The average molecular weight is 276 g/mol. The number of hydrogen-bond donors (Lipinski definition) is 1. The van der Waals surface area contributed by atoms with Crippen molar-refractivity contribution in [3.63, 3.8) is 0 Å². The van der Waals surface area contributed by atoms with Crippen LogP contribution in [0, 0.1) is 5.92 Å². The van der Waals surface area contributed by atoms with E-state index in [9.17, 15) is 5.11 Å². The summed E-state index contributed by atoms with van der Waals surface area (Å²) in [5.74, 6) is 0.707. The van der Waals surface area contributed by atoms with E-state index < -0.39 is 5.60 Å². The summed E-state index contributed by atoms with van der Waals surface area (Å²) in [5, 5.41) is 10.3. The summed E-state index contributed by atoms with van der Waals surface area (Å²) in [7, 11) is 0. The zero-order valence-corrected chi connectivity index (χ0v) is 10.6. The zero-order chi connectivity index (χ0) is 10.2. The molecule has 78 valence electrons. The first-order chi connectivity index (χ1) is 6.59. The van der Waals surface area contributed by atoms with Gasteiger partial charge >= 0.3 is 0 Å². The Bertz CT molecular complexity index is 320. The molecular formula is C10H14BrNOS. The normalized spacial score (nSPS) is 21.6. The Kier molecular flexibility index (Phi) is 2.96. The van der Waals surface area contributed by atoms with E-state index in [1.165, 1.54) is 30.6 Å². The maximum absolute atomic E-state index is 10.3. The Balaban J connectivity index is 2.10. The van der Waals surface area contributed by atoms with Crippen LogP contribution in [-0.4, -0.2) is 10.1 Å². The molecule has 0 radical (unpaired) electrons. The van der Waals surface area contributed by atoms with Gasteiger partial charge in [-0.25, -0.2) is 4.98 Å². The molecule has 1 saturated carbocycles. The highest BCUT2D eigenvalue weighted by molar-refractivity contribution is 9.10. The average Bonchev–Trinajstić information content (AvgIpc) is 2.45. The van der Waals surface area contributed by atoms with E-state index in [2.05, 4.69) is 20.9 Å². The minimum Gasteiger partial charge on any atom is -0.385 e. The van der Waals surface area contributed by atoms with E-state index in [-0.39, 0.29) is 0 Å². The smallest absolute Gasteiger partial charge is 0.123 e. The van der Waals surface area contributed by atoms with Crippen molar-refractivity contribution in [2.45, 2.75) is 38.2 Å². The highest BCUT2D eigenvalue weighted by Gasteiger charge is 2.33. The molecule has 1 unspecified atom stereocenters. The van der Waals surface area contributed by atoms with Gasteiger partial charge in [0.2, 0.25) is 0 Å². The third-order valence-electron chi connectivity index (χ3n) is 2.92. The van der Waals surface area contributed by atoms with Crippen LogP contribution in [0.5, 0.6) is 0 Å². The van der Waals surface area contributed by atoms with Crippen molar-refractivity contribution in [1.29, 1.82) is 0 Å². The molecule has 0 amide bonds. The van der Waals surface area contributed by atoms with Crippen LogP contribution in [0.25, 0.3) is 0 Å². The fourth-order valence-corrected chi connectivity index (χ4v) is 3.63. The third-order valence-corrected chi connectivity index (χ3v) is 4.87. The van der Waals surface area contributed by atoms with Gasteiger partial charge in [0.25, 0.3) is 0 Å². The van der Waals surface area contributed by atoms with E-state index >= 15 is 0 Å². The number of aromatic nitrogens is 1. The van der Waals surface area contributed by atoms with Gasteiger partial charge in [-0.05, 0) is 35.2 Å². The monoisotopic (exact) mass is 275 g/mol. The molecule has 2 nitrogen and oxygen atoms in total. The van der Waals surface area contributed by atoms with Crippen molar-refractivity contribution in [1.82, 2.24) is 4.98 Å². The van der Waals surface area contributed by atoms with Gasteiger partial charge in [-0.3, -0.25) is 0 Å². The molecule has 1 fully saturated rings. The van der Waals surface area contributed by atoms with Crippen LogP contribution in [0.3, 0.4) is 0 Å². The molecule has 0 bridgehead atoms. The largest absolute Gasteiger partial charge is 0.385 e. The van der Waals surface area contributed by atoms with Crippen LogP contribution >= 0.6 is 27.3 Å². The molecule has 0 spiro atoms. The summed E-state index contributed by atoms with van der Waals surface area (Å²) < 4.78 is 0.798.